The largest absolute Gasteiger partial charge is 0.262 e. The Labute approximate surface area is 107 Å². The van der Waals surface area contributed by atoms with Crippen LogP contribution in [0.2, 0.25) is 0 Å². The van der Waals surface area contributed by atoms with Gasteiger partial charge in [-0.1, -0.05) is 12.8 Å². The monoisotopic (exact) mass is 245 g/mol. The van der Waals surface area contributed by atoms with Gasteiger partial charge in [-0.3, -0.25) is 9.78 Å². The number of aromatic nitrogens is 5. The first-order valence-electron chi connectivity index (χ1n) is 6.75. The second kappa shape index (κ2) is 4.55. The molecule has 0 amide bonds. The number of hydrogen-bond donors (Lipinski definition) is 1. The first kappa shape index (κ1) is 11.4. The smallest absolute Gasteiger partial charge is 0.199 e. The summed E-state index contributed by atoms with van der Waals surface area (Å²) in [5, 5.41) is 11.9. The lowest BCUT2D eigenvalue weighted by molar-refractivity contribution is 0.656. The summed E-state index contributed by atoms with van der Waals surface area (Å²) in [6, 6.07) is 2.05. The molecule has 0 bridgehead atoms. The molecule has 1 N–H and O–H groups in total. The molecule has 0 atom stereocenters. The maximum atomic E-state index is 4.66. The normalized spacial score (nSPS) is 16.6. The van der Waals surface area contributed by atoms with Gasteiger partial charge in [-0.15, -0.1) is 0 Å². The Hall–Kier alpha value is -1.65. The molecule has 0 aromatic carbocycles. The van der Waals surface area contributed by atoms with E-state index in [0.717, 1.165) is 29.6 Å². The lowest BCUT2D eigenvalue weighted by atomic mass is 10.1. The van der Waals surface area contributed by atoms with Crippen LogP contribution in [0.3, 0.4) is 0 Å². The molecule has 0 radical (unpaired) electrons. The van der Waals surface area contributed by atoms with E-state index in [4.69, 9.17) is 0 Å². The molecule has 1 fully saturated rings. The Morgan fingerprint density at radius 2 is 2.17 bits per heavy atom. The van der Waals surface area contributed by atoms with E-state index in [2.05, 4.69) is 27.2 Å². The SMILES string of the molecule is CCn1nc(C)cc1-c1n[nH]c(C2CCCC2)n1. The zero-order valence-corrected chi connectivity index (χ0v) is 11.0. The average Bonchev–Trinajstić information content (AvgIpc) is 3.08. The second-order valence-electron chi connectivity index (χ2n) is 5.01. The van der Waals surface area contributed by atoms with Gasteiger partial charge in [0.15, 0.2) is 5.82 Å². The van der Waals surface area contributed by atoms with Gasteiger partial charge in [-0.2, -0.15) is 10.2 Å². The van der Waals surface area contributed by atoms with Crippen LogP contribution in [0, 0.1) is 6.92 Å². The predicted octanol–water partition coefficient (Wildman–Crippen LogP) is 2.65. The molecule has 2 heterocycles. The van der Waals surface area contributed by atoms with Crippen molar-refractivity contribution in [3.63, 3.8) is 0 Å². The fourth-order valence-corrected chi connectivity index (χ4v) is 2.74. The van der Waals surface area contributed by atoms with Crippen LogP contribution in [-0.4, -0.2) is 25.0 Å². The third-order valence-corrected chi connectivity index (χ3v) is 3.68. The first-order chi connectivity index (χ1) is 8.78. The van der Waals surface area contributed by atoms with Crippen molar-refractivity contribution < 1.29 is 0 Å². The summed E-state index contributed by atoms with van der Waals surface area (Å²) in [4.78, 5) is 4.66. The summed E-state index contributed by atoms with van der Waals surface area (Å²) >= 11 is 0. The molecule has 1 saturated carbocycles. The lowest BCUT2D eigenvalue weighted by Crippen LogP contribution is -2.00. The number of aryl methyl sites for hydroxylation is 2. The molecule has 1 aliphatic rings. The molecule has 2 aromatic heterocycles. The minimum Gasteiger partial charge on any atom is -0.262 e. The summed E-state index contributed by atoms with van der Waals surface area (Å²) in [6.07, 6.45) is 5.10. The third kappa shape index (κ3) is 1.94. The van der Waals surface area contributed by atoms with Crippen LogP contribution in [0.4, 0.5) is 0 Å². The van der Waals surface area contributed by atoms with Crippen molar-refractivity contribution in [2.24, 2.45) is 0 Å². The van der Waals surface area contributed by atoms with Crippen molar-refractivity contribution in [2.75, 3.05) is 0 Å². The zero-order valence-electron chi connectivity index (χ0n) is 11.0. The highest BCUT2D eigenvalue weighted by Gasteiger charge is 2.21. The summed E-state index contributed by atoms with van der Waals surface area (Å²) in [7, 11) is 0. The van der Waals surface area contributed by atoms with Crippen molar-refractivity contribution in [3.8, 4) is 11.5 Å². The zero-order chi connectivity index (χ0) is 12.5. The number of H-pyrrole nitrogens is 1. The number of nitrogens with zero attached hydrogens (tertiary/aromatic N) is 4. The minimum atomic E-state index is 0.574. The highest BCUT2D eigenvalue weighted by Crippen LogP contribution is 2.32. The Balaban J connectivity index is 1.92. The number of hydrogen-bond acceptors (Lipinski definition) is 3. The molecular formula is C13H19N5. The lowest BCUT2D eigenvalue weighted by Gasteiger charge is -2.02. The molecule has 5 nitrogen and oxygen atoms in total. The van der Waals surface area contributed by atoms with Crippen LogP contribution >= 0.6 is 0 Å². The molecule has 5 heteroatoms. The summed E-state index contributed by atoms with van der Waals surface area (Å²) in [5.74, 6) is 2.40. The third-order valence-electron chi connectivity index (χ3n) is 3.68. The van der Waals surface area contributed by atoms with Gasteiger partial charge in [0.2, 0.25) is 0 Å². The number of nitrogens with one attached hydrogen (secondary N) is 1. The summed E-state index contributed by atoms with van der Waals surface area (Å²) in [5.41, 5.74) is 2.02. The molecule has 0 unspecified atom stereocenters. The van der Waals surface area contributed by atoms with E-state index < -0.39 is 0 Å². The fraction of sp³-hybridized carbons (Fsp3) is 0.615. The maximum absolute atomic E-state index is 4.66. The predicted molar refractivity (Wildman–Crippen MR) is 69.2 cm³/mol. The first-order valence-corrected chi connectivity index (χ1v) is 6.75. The van der Waals surface area contributed by atoms with Crippen LogP contribution in [0.1, 0.15) is 50.0 Å². The van der Waals surface area contributed by atoms with Crippen LogP contribution in [-0.2, 0) is 6.54 Å². The van der Waals surface area contributed by atoms with Gasteiger partial charge in [-0.05, 0) is 32.8 Å². The molecule has 0 spiro atoms. The van der Waals surface area contributed by atoms with Crippen LogP contribution < -0.4 is 0 Å². The molecule has 2 aromatic rings. The summed E-state index contributed by atoms with van der Waals surface area (Å²) < 4.78 is 1.96. The van der Waals surface area contributed by atoms with E-state index in [1.54, 1.807) is 0 Å². The van der Waals surface area contributed by atoms with Gasteiger partial charge < -0.3 is 0 Å². The Bertz CT molecular complexity index is 533. The quantitative estimate of drug-likeness (QED) is 0.904. The van der Waals surface area contributed by atoms with Crippen LogP contribution in [0.25, 0.3) is 11.5 Å². The van der Waals surface area contributed by atoms with Gasteiger partial charge in [0, 0.05) is 12.5 Å². The van der Waals surface area contributed by atoms with Crippen molar-refractivity contribution in [1.29, 1.82) is 0 Å². The summed E-state index contributed by atoms with van der Waals surface area (Å²) in [6.45, 7) is 4.93. The van der Waals surface area contributed by atoms with Gasteiger partial charge in [0.1, 0.15) is 11.5 Å². The van der Waals surface area contributed by atoms with Crippen molar-refractivity contribution in [2.45, 2.75) is 52.0 Å². The molecule has 96 valence electrons. The molecule has 0 aliphatic heterocycles. The Morgan fingerprint density at radius 3 is 2.89 bits per heavy atom. The molecular weight excluding hydrogens is 226 g/mol. The number of aromatic amines is 1. The van der Waals surface area contributed by atoms with E-state index in [-0.39, 0.29) is 0 Å². The van der Waals surface area contributed by atoms with E-state index >= 15 is 0 Å². The van der Waals surface area contributed by atoms with E-state index in [1.165, 1.54) is 25.7 Å². The number of rotatable bonds is 3. The highest BCUT2D eigenvalue weighted by atomic mass is 15.3. The van der Waals surface area contributed by atoms with Crippen molar-refractivity contribution in [1.82, 2.24) is 25.0 Å². The van der Waals surface area contributed by atoms with Crippen molar-refractivity contribution in [3.05, 3.63) is 17.6 Å². The topological polar surface area (TPSA) is 59.4 Å². The van der Waals surface area contributed by atoms with Gasteiger partial charge in [-0.25, -0.2) is 4.98 Å². The Kier molecular flexibility index (Phi) is 2.89. The second-order valence-corrected chi connectivity index (χ2v) is 5.01. The maximum Gasteiger partial charge on any atom is 0.199 e. The highest BCUT2D eigenvalue weighted by molar-refractivity contribution is 5.49. The fourth-order valence-electron chi connectivity index (χ4n) is 2.74. The van der Waals surface area contributed by atoms with Crippen molar-refractivity contribution >= 4 is 0 Å². The van der Waals surface area contributed by atoms with Gasteiger partial charge in [0.05, 0.1) is 5.69 Å². The van der Waals surface area contributed by atoms with Crippen LogP contribution in [0.5, 0.6) is 0 Å². The van der Waals surface area contributed by atoms with Crippen LogP contribution in [0.15, 0.2) is 6.07 Å². The molecule has 18 heavy (non-hydrogen) atoms. The standard InChI is InChI=1S/C13H19N5/c1-3-18-11(8-9(2)17-18)13-14-12(15-16-13)10-6-4-5-7-10/h8,10H,3-7H2,1-2H3,(H,14,15,16). The van der Waals surface area contributed by atoms with E-state index in [9.17, 15) is 0 Å². The van der Waals surface area contributed by atoms with Gasteiger partial charge >= 0.3 is 0 Å². The molecule has 3 rings (SSSR count). The average molecular weight is 245 g/mol. The van der Waals surface area contributed by atoms with E-state index in [1.807, 2.05) is 17.7 Å². The molecule has 1 aliphatic carbocycles. The molecule has 0 saturated heterocycles. The Morgan fingerprint density at radius 1 is 1.39 bits per heavy atom. The van der Waals surface area contributed by atoms with E-state index in [0.29, 0.717) is 5.92 Å². The van der Waals surface area contributed by atoms with Gasteiger partial charge in [0.25, 0.3) is 0 Å². The minimum absolute atomic E-state index is 0.574.